The van der Waals surface area contributed by atoms with Crippen LogP contribution in [-0.4, -0.2) is 49.1 Å². The maximum Gasteiger partial charge on any atom is 0.141 e. The molecule has 0 saturated carbocycles. The summed E-state index contributed by atoms with van der Waals surface area (Å²) in [6.45, 7) is 10.2. The Labute approximate surface area is 122 Å². The molecule has 2 rings (SSSR count). The standard InChI is InChI=1S/C16H27N3O/c1-4-13(2)19-9-7-18(8-10-19)12-14-5-6-16(20-3)15(17)11-14/h5-6,11,13H,4,7-10,12,17H2,1-3H3. The lowest BCUT2D eigenvalue weighted by Gasteiger charge is -2.37. The molecule has 1 aliphatic rings. The second kappa shape index (κ2) is 6.95. The number of benzene rings is 1. The minimum atomic E-state index is 0.703. The molecule has 0 amide bonds. The molecule has 1 aromatic rings. The first-order valence-corrected chi connectivity index (χ1v) is 7.52. The second-order valence-corrected chi connectivity index (χ2v) is 5.65. The molecular weight excluding hydrogens is 250 g/mol. The number of piperazine rings is 1. The highest BCUT2D eigenvalue weighted by Crippen LogP contribution is 2.23. The Hall–Kier alpha value is -1.26. The second-order valence-electron chi connectivity index (χ2n) is 5.65. The lowest BCUT2D eigenvalue weighted by atomic mass is 10.1. The average Bonchev–Trinajstić information content (AvgIpc) is 2.47. The molecule has 0 radical (unpaired) electrons. The topological polar surface area (TPSA) is 41.7 Å². The van der Waals surface area contributed by atoms with Gasteiger partial charge in [0.15, 0.2) is 0 Å². The van der Waals surface area contributed by atoms with Gasteiger partial charge in [-0.2, -0.15) is 0 Å². The van der Waals surface area contributed by atoms with Gasteiger partial charge in [0.25, 0.3) is 0 Å². The van der Waals surface area contributed by atoms with Gasteiger partial charge in [0.05, 0.1) is 12.8 Å². The molecule has 4 heteroatoms. The van der Waals surface area contributed by atoms with Gasteiger partial charge < -0.3 is 10.5 Å². The molecule has 1 atom stereocenters. The van der Waals surface area contributed by atoms with Crippen LogP contribution in [0.4, 0.5) is 5.69 Å². The Morgan fingerprint density at radius 3 is 2.50 bits per heavy atom. The fraction of sp³-hybridized carbons (Fsp3) is 0.625. The zero-order valence-corrected chi connectivity index (χ0v) is 12.9. The van der Waals surface area contributed by atoms with Crippen molar-refractivity contribution in [3.05, 3.63) is 23.8 Å². The first-order chi connectivity index (χ1) is 9.63. The van der Waals surface area contributed by atoms with Crippen LogP contribution in [0.5, 0.6) is 5.75 Å². The molecule has 0 spiro atoms. The maximum absolute atomic E-state index is 5.97. The Morgan fingerprint density at radius 2 is 1.95 bits per heavy atom. The van der Waals surface area contributed by atoms with E-state index in [9.17, 15) is 0 Å². The van der Waals surface area contributed by atoms with E-state index in [1.807, 2.05) is 12.1 Å². The quantitative estimate of drug-likeness (QED) is 0.838. The molecule has 1 unspecified atom stereocenters. The Balaban J connectivity index is 1.88. The predicted octanol–water partition coefficient (Wildman–Crippen LogP) is 2.19. The molecular formula is C16H27N3O. The van der Waals surface area contributed by atoms with Crippen molar-refractivity contribution >= 4 is 5.69 Å². The summed E-state index contributed by atoms with van der Waals surface area (Å²) in [6, 6.07) is 6.80. The highest BCUT2D eigenvalue weighted by Gasteiger charge is 2.20. The van der Waals surface area contributed by atoms with Gasteiger partial charge in [-0.3, -0.25) is 9.80 Å². The minimum absolute atomic E-state index is 0.703. The van der Waals surface area contributed by atoms with Crippen LogP contribution in [0, 0.1) is 0 Å². The normalized spacial score (nSPS) is 18.9. The minimum Gasteiger partial charge on any atom is -0.495 e. The highest BCUT2D eigenvalue weighted by molar-refractivity contribution is 5.54. The smallest absolute Gasteiger partial charge is 0.141 e. The van der Waals surface area contributed by atoms with Gasteiger partial charge in [-0.1, -0.05) is 13.0 Å². The molecule has 1 aromatic carbocycles. The Bertz CT molecular complexity index is 428. The number of anilines is 1. The average molecular weight is 277 g/mol. The summed E-state index contributed by atoms with van der Waals surface area (Å²) >= 11 is 0. The third-order valence-electron chi connectivity index (χ3n) is 4.32. The third kappa shape index (κ3) is 3.64. The van der Waals surface area contributed by atoms with Gasteiger partial charge in [-0.25, -0.2) is 0 Å². The van der Waals surface area contributed by atoms with Gasteiger partial charge in [-0.15, -0.1) is 0 Å². The van der Waals surface area contributed by atoms with Crippen LogP contribution < -0.4 is 10.5 Å². The summed E-state index contributed by atoms with van der Waals surface area (Å²) in [5, 5.41) is 0. The van der Waals surface area contributed by atoms with Gasteiger partial charge in [-0.05, 0) is 31.0 Å². The SMILES string of the molecule is CCC(C)N1CCN(Cc2ccc(OC)c(N)c2)CC1. The van der Waals surface area contributed by atoms with E-state index in [4.69, 9.17) is 10.5 Å². The van der Waals surface area contributed by atoms with E-state index in [0.717, 1.165) is 31.1 Å². The van der Waals surface area contributed by atoms with Crippen molar-refractivity contribution in [1.82, 2.24) is 9.80 Å². The van der Waals surface area contributed by atoms with Crippen LogP contribution in [0.25, 0.3) is 0 Å². The van der Waals surface area contributed by atoms with Crippen molar-refractivity contribution < 1.29 is 4.74 Å². The van der Waals surface area contributed by atoms with Crippen LogP contribution in [0.15, 0.2) is 18.2 Å². The number of hydrogen-bond acceptors (Lipinski definition) is 4. The van der Waals surface area contributed by atoms with E-state index < -0.39 is 0 Å². The summed E-state index contributed by atoms with van der Waals surface area (Å²) in [5.41, 5.74) is 7.95. The van der Waals surface area contributed by atoms with E-state index in [0.29, 0.717) is 6.04 Å². The zero-order valence-electron chi connectivity index (χ0n) is 12.9. The van der Waals surface area contributed by atoms with Crippen LogP contribution in [0.3, 0.4) is 0 Å². The van der Waals surface area contributed by atoms with Crippen molar-refractivity contribution in [1.29, 1.82) is 0 Å². The van der Waals surface area contributed by atoms with Crippen LogP contribution in [0.2, 0.25) is 0 Å². The largest absolute Gasteiger partial charge is 0.495 e. The number of nitrogen functional groups attached to an aromatic ring is 1. The summed E-state index contributed by atoms with van der Waals surface area (Å²) < 4.78 is 5.20. The molecule has 1 saturated heterocycles. The summed E-state index contributed by atoms with van der Waals surface area (Å²) in [6.07, 6.45) is 1.23. The summed E-state index contributed by atoms with van der Waals surface area (Å²) in [5.74, 6) is 0.760. The van der Waals surface area contributed by atoms with Crippen LogP contribution in [0.1, 0.15) is 25.8 Å². The van der Waals surface area contributed by atoms with Crippen molar-refractivity contribution in [2.45, 2.75) is 32.9 Å². The maximum atomic E-state index is 5.97. The number of methoxy groups -OCH3 is 1. The number of nitrogens with zero attached hydrogens (tertiary/aromatic N) is 2. The monoisotopic (exact) mass is 277 g/mol. The van der Waals surface area contributed by atoms with Crippen molar-refractivity contribution in [2.24, 2.45) is 0 Å². The molecule has 1 heterocycles. The molecule has 1 aliphatic heterocycles. The number of nitrogens with two attached hydrogens (primary N) is 1. The predicted molar refractivity (Wildman–Crippen MR) is 84.0 cm³/mol. The summed E-state index contributed by atoms with van der Waals surface area (Å²) in [4.78, 5) is 5.08. The lowest BCUT2D eigenvalue weighted by molar-refractivity contribution is 0.0964. The Morgan fingerprint density at radius 1 is 1.25 bits per heavy atom. The van der Waals surface area contributed by atoms with Crippen molar-refractivity contribution in [2.75, 3.05) is 39.0 Å². The van der Waals surface area contributed by atoms with Gasteiger partial charge in [0.1, 0.15) is 5.75 Å². The molecule has 0 aliphatic carbocycles. The number of ether oxygens (including phenoxy) is 1. The fourth-order valence-electron chi connectivity index (χ4n) is 2.76. The van der Waals surface area contributed by atoms with Crippen LogP contribution in [-0.2, 0) is 6.54 Å². The molecule has 0 aromatic heterocycles. The lowest BCUT2D eigenvalue weighted by Crippen LogP contribution is -2.48. The first kappa shape index (κ1) is 15.1. The number of hydrogen-bond donors (Lipinski definition) is 1. The third-order valence-corrected chi connectivity index (χ3v) is 4.32. The highest BCUT2D eigenvalue weighted by atomic mass is 16.5. The molecule has 112 valence electrons. The van der Waals surface area contributed by atoms with E-state index in [1.54, 1.807) is 7.11 Å². The van der Waals surface area contributed by atoms with Gasteiger partial charge in [0.2, 0.25) is 0 Å². The molecule has 2 N–H and O–H groups in total. The molecule has 4 nitrogen and oxygen atoms in total. The fourth-order valence-corrected chi connectivity index (χ4v) is 2.76. The van der Waals surface area contributed by atoms with E-state index >= 15 is 0 Å². The van der Waals surface area contributed by atoms with E-state index in [-0.39, 0.29) is 0 Å². The number of rotatable bonds is 5. The zero-order chi connectivity index (χ0) is 14.5. The van der Waals surface area contributed by atoms with Crippen molar-refractivity contribution in [3.8, 4) is 5.75 Å². The van der Waals surface area contributed by atoms with Crippen LogP contribution >= 0.6 is 0 Å². The van der Waals surface area contributed by atoms with Gasteiger partial charge >= 0.3 is 0 Å². The molecule has 20 heavy (non-hydrogen) atoms. The van der Waals surface area contributed by atoms with Crippen molar-refractivity contribution in [3.63, 3.8) is 0 Å². The Kier molecular flexibility index (Phi) is 5.26. The molecule has 0 bridgehead atoms. The van der Waals surface area contributed by atoms with Gasteiger partial charge in [0, 0.05) is 38.8 Å². The molecule has 1 fully saturated rings. The summed E-state index contributed by atoms with van der Waals surface area (Å²) in [7, 11) is 1.65. The van der Waals surface area contributed by atoms with E-state index in [2.05, 4.69) is 29.7 Å². The van der Waals surface area contributed by atoms with E-state index in [1.165, 1.54) is 25.1 Å². The first-order valence-electron chi connectivity index (χ1n) is 7.52.